The van der Waals surface area contributed by atoms with Crippen LogP contribution in [0.1, 0.15) is 534 Å². The molecule has 0 aromatic heterocycles. The van der Waals surface area contributed by atoms with Gasteiger partial charge in [0, 0.05) is 12.8 Å². The summed E-state index contributed by atoms with van der Waals surface area (Å²) in [7, 11) is 1.51. The van der Waals surface area contributed by atoms with Gasteiger partial charge < -0.3 is 18.9 Å². The number of hydrogen-bond acceptors (Lipinski definition) is 7. The predicted molar refractivity (Wildman–Crippen MR) is 460 cm³/mol. The number of hydrogen-bond donors (Lipinski definition) is 1. The lowest BCUT2D eigenvalue weighted by atomic mass is 10.0. The molecule has 0 bridgehead atoms. The number of phosphoric acid groups is 1. The number of esters is 2. The summed E-state index contributed by atoms with van der Waals surface area (Å²) in [5, 5.41) is 0. The lowest BCUT2D eigenvalue weighted by Crippen LogP contribution is -2.37. The van der Waals surface area contributed by atoms with Gasteiger partial charge in [0.15, 0.2) is 6.10 Å². The van der Waals surface area contributed by atoms with Gasteiger partial charge >= 0.3 is 19.8 Å². The van der Waals surface area contributed by atoms with Crippen molar-refractivity contribution in [3.05, 3.63) is 12.2 Å². The fourth-order valence-electron chi connectivity index (χ4n) is 15.3. The van der Waals surface area contributed by atoms with Crippen molar-refractivity contribution in [1.29, 1.82) is 0 Å². The standard InChI is InChI=1S/C95H188NO8P/c1-6-8-10-12-14-16-18-20-22-24-26-28-30-32-34-36-38-40-42-44-46-48-50-52-54-56-58-60-62-64-66-68-70-72-74-76-78-80-82-84-86-88-95(98)104-93(92-103-105(99,100)102-90-89-96(3,4)5)91-101-94(97)87-85-83-81-79-77-75-73-71-69-67-65-63-61-59-57-55-53-51-49-47-45-43-41-39-37-35-33-31-29-27-25-23-21-19-17-15-13-11-9-7-2/h24,26,93H,6-23,25,27-92H2,1-5H3/p+1/b26-24-. The minimum Gasteiger partial charge on any atom is -0.462 e. The Morgan fingerprint density at radius 3 is 0.705 bits per heavy atom. The monoisotopic (exact) mass is 1500 g/mol. The van der Waals surface area contributed by atoms with Crippen molar-refractivity contribution in [2.45, 2.75) is 540 Å². The van der Waals surface area contributed by atoms with Crippen LogP contribution in [0.5, 0.6) is 0 Å². The van der Waals surface area contributed by atoms with Gasteiger partial charge in [-0.05, 0) is 38.5 Å². The molecule has 105 heavy (non-hydrogen) atoms. The maximum absolute atomic E-state index is 13.0. The predicted octanol–water partition coefficient (Wildman–Crippen LogP) is 32.5. The van der Waals surface area contributed by atoms with E-state index in [9.17, 15) is 19.0 Å². The Kier molecular flexibility index (Phi) is 85.7. The highest BCUT2D eigenvalue weighted by Crippen LogP contribution is 2.43. The first-order valence-electron chi connectivity index (χ1n) is 47.9. The van der Waals surface area contributed by atoms with Crippen molar-refractivity contribution in [3.8, 4) is 0 Å². The molecule has 0 aliphatic heterocycles. The number of ether oxygens (including phenoxy) is 2. The van der Waals surface area contributed by atoms with E-state index in [2.05, 4.69) is 26.0 Å². The number of quaternary nitrogens is 1. The van der Waals surface area contributed by atoms with E-state index in [1.807, 2.05) is 21.1 Å². The summed E-state index contributed by atoms with van der Waals surface area (Å²) in [6, 6.07) is 0. The summed E-state index contributed by atoms with van der Waals surface area (Å²) in [6.07, 6.45) is 113. The first-order chi connectivity index (χ1) is 51.5. The average Bonchev–Trinajstić information content (AvgIpc) is 0.935. The Balaban J connectivity index is 3.79. The number of rotatable bonds is 92. The highest BCUT2D eigenvalue weighted by atomic mass is 31.2. The van der Waals surface area contributed by atoms with Crippen LogP contribution in [0.4, 0.5) is 0 Å². The molecule has 0 aromatic rings. The fraction of sp³-hybridized carbons (Fsp3) is 0.958. The molecule has 2 unspecified atom stereocenters. The van der Waals surface area contributed by atoms with Gasteiger partial charge in [0.05, 0.1) is 27.7 Å². The van der Waals surface area contributed by atoms with Crippen LogP contribution in [0.2, 0.25) is 0 Å². The topological polar surface area (TPSA) is 108 Å². The molecule has 0 aliphatic carbocycles. The van der Waals surface area contributed by atoms with E-state index in [0.29, 0.717) is 17.4 Å². The lowest BCUT2D eigenvalue weighted by Gasteiger charge is -2.24. The van der Waals surface area contributed by atoms with Crippen molar-refractivity contribution in [2.75, 3.05) is 47.5 Å². The van der Waals surface area contributed by atoms with Crippen LogP contribution in [0, 0.1) is 0 Å². The van der Waals surface area contributed by atoms with Crippen molar-refractivity contribution in [1.82, 2.24) is 0 Å². The van der Waals surface area contributed by atoms with E-state index >= 15 is 0 Å². The largest absolute Gasteiger partial charge is 0.472 e. The van der Waals surface area contributed by atoms with E-state index in [-0.39, 0.29) is 25.6 Å². The number of carbonyl (C=O) groups is 2. The summed E-state index contributed by atoms with van der Waals surface area (Å²) >= 11 is 0. The molecule has 10 heteroatoms. The quantitative estimate of drug-likeness (QED) is 0.0211. The van der Waals surface area contributed by atoms with Gasteiger partial charge in [0.25, 0.3) is 0 Å². The van der Waals surface area contributed by atoms with Gasteiger partial charge in [-0.2, -0.15) is 0 Å². The van der Waals surface area contributed by atoms with Crippen LogP contribution in [-0.4, -0.2) is 74.9 Å². The smallest absolute Gasteiger partial charge is 0.462 e. The second-order valence-corrected chi connectivity index (χ2v) is 35.9. The molecule has 0 saturated carbocycles. The Labute approximate surface area is 657 Å². The zero-order valence-electron chi connectivity index (χ0n) is 72.0. The molecule has 0 fully saturated rings. The molecule has 0 aromatic carbocycles. The molecule has 2 atom stereocenters. The first kappa shape index (κ1) is 104. The Hall–Kier alpha value is -1.25. The van der Waals surface area contributed by atoms with Crippen molar-refractivity contribution < 1.29 is 42.1 Å². The normalized spacial score (nSPS) is 12.9. The van der Waals surface area contributed by atoms with E-state index in [4.69, 9.17) is 18.5 Å². The molecule has 0 radical (unpaired) electrons. The number of phosphoric ester groups is 1. The number of carbonyl (C=O) groups excluding carboxylic acids is 2. The number of likely N-dealkylation sites (N-methyl/N-ethyl adjacent to an activating group) is 1. The van der Waals surface area contributed by atoms with E-state index in [0.717, 1.165) is 38.5 Å². The molecule has 9 nitrogen and oxygen atoms in total. The summed E-state index contributed by atoms with van der Waals surface area (Å²) in [5.41, 5.74) is 0. The van der Waals surface area contributed by atoms with Crippen LogP contribution >= 0.6 is 7.82 Å². The van der Waals surface area contributed by atoms with Crippen LogP contribution in [0.15, 0.2) is 12.2 Å². The maximum Gasteiger partial charge on any atom is 0.472 e. The van der Waals surface area contributed by atoms with Crippen molar-refractivity contribution >= 4 is 19.8 Å². The molecule has 626 valence electrons. The van der Waals surface area contributed by atoms with Gasteiger partial charge in [-0.15, -0.1) is 0 Å². The lowest BCUT2D eigenvalue weighted by molar-refractivity contribution is -0.870. The van der Waals surface area contributed by atoms with Crippen molar-refractivity contribution in [2.24, 2.45) is 0 Å². The highest BCUT2D eigenvalue weighted by Gasteiger charge is 2.27. The molecule has 1 N–H and O–H groups in total. The third-order valence-electron chi connectivity index (χ3n) is 22.5. The minimum atomic E-state index is -4.39. The second-order valence-electron chi connectivity index (χ2n) is 34.5. The van der Waals surface area contributed by atoms with Gasteiger partial charge in [-0.25, -0.2) is 4.57 Å². The van der Waals surface area contributed by atoms with Gasteiger partial charge in [-0.1, -0.05) is 495 Å². The van der Waals surface area contributed by atoms with Crippen LogP contribution in [-0.2, 0) is 32.7 Å². The SMILES string of the molecule is CCCCCCCCCC/C=C\CCCCCCCCCCCCCCCCCCCCCCCCCCCCCCCC(=O)OC(COC(=O)CCCCCCCCCCCCCCCCCCCCCCCCCCCCCCCCCCCCCCCCCC)COP(=O)(O)OCC[N+](C)(C)C. The second kappa shape index (κ2) is 86.7. The summed E-state index contributed by atoms with van der Waals surface area (Å²) in [4.78, 5) is 36.1. The third kappa shape index (κ3) is 91.5. The third-order valence-corrected chi connectivity index (χ3v) is 23.5. The maximum atomic E-state index is 13.0. The number of allylic oxidation sites excluding steroid dienone is 2. The fourth-order valence-corrected chi connectivity index (χ4v) is 16.0. The van der Waals surface area contributed by atoms with Crippen LogP contribution < -0.4 is 0 Å². The molecule has 0 amide bonds. The Morgan fingerprint density at radius 2 is 0.486 bits per heavy atom. The van der Waals surface area contributed by atoms with E-state index in [1.165, 1.54) is 469 Å². The molecular formula is C95H189NO8P+. The average molecular weight is 1500 g/mol. The minimum absolute atomic E-state index is 0.0374. The molecule has 0 rings (SSSR count). The summed E-state index contributed by atoms with van der Waals surface area (Å²) in [5.74, 6) is -0.762. The molecule has 0 heterocycles. The van der Waals surface area contributed by atoms with Gasteiger partial charge in [0.2, 0.25) is 0 Å². The Bertz CT molecular complexity index is 1770. The Morgan fingerprint density at radius 1 is 0.286 bits per heavy atom. The van der Waals surface area contributed by atoms with Gasteiger partial charge in [0.1, 0.15) is 19.8 Å². The number of unbranched alkanes of at least 4 members (excludes halogenated alkanes) is 76. The van der Waals surface area contributed by atoms with E-state index < -0.39 is 26.5 Å². The van der Waals surface area contributed by atoms with Crippen LogP contribution in [0.3, 0.4) is 0 Å². The number of nitrogens with zero attached hydrogens (tertiary/aromatic N) is 1. The zero-order chi connectivity index (χ0) is 76.1. The molecule has 0 spiro atoms. The zero-order valence-corrected chi connectivity index (χ0v) is 72.9. The summed E-state index contributed by atoms with van der Waals surface area (Å²) in [6.45, 7) is 4.55. The van der Waals surface area contributed by atoms with Crippen molar-refractivity contribution in [3.63, 3.8) is 0 Å². The van der Waals surface area contributed by atoms with Crippen LogP contribution in [0.25, 0.3) is 0 Å². The summed E-state index contributed by atoms with van der Waals surface area (Å²) < 4.78 is 34.9. The van der Waals surface area contributed by atoms with E-state index in [1.54, 1.807) is 0 Å². The first-order valence-corrected chi connectivity index (χ1v) is 49.4. The van der Waals surface area contributed by atoms with Gasteiger partial charge in [-0.3, -0.25) is 18.6 Å². The molecule has 0 saturated heterocycles. The molecular weight excluding hydrogens is 1310 g/mol. The highest BCUT2D eigenvalue weighted by molar-refractivity contribution is 7.47. The molecule has 0 aliphatic rings.